The van der Waals surface area contributed by atoms with Gasteiger partial charge in [0.2, 0.25) is 0 Å². The molecule has 3 rings (SSSR count). The molecule has 156 valence electrons. The van der Waals surface area contributed by atoms with Crippen molar-refractivity contribution in [1.82, 2.24) is 0 Å². The molecular formula is C25H21ClN2O3. The van der Waals surface area contributed by atoms with Crippen LogP contribution in [0, 0.1) is 18.3 Å². The van der Waals surface area contributed by atoms with Gasteiger partial charge in [-0.15, -0.1) is 0 Å². The molecule has 0 aliphatic rings. The van der Waals surface area contributed by atoms with Crippen molar-refractivity contribution in [2.24, 2.45) is 0 Å². The normalized spacial score (nSPS) is 10.8. The Labute approximate surface area is 186 Å². The molecule has 1 N–H and O–H groups in total. The van der Waals surface area contributed by atoms with E-state index in [-0.39, 0.29) is 5.57 Å². The van der Waals surface area contributed by atoms with Crippen LogP contribution in [0.4, 0.5) is 5.69 Å². The molecule has 31 heavy (non-hydrogen) atoms. The summed E-state index contributed by atoms with van der Waals surface area (Å²) in [7, 11) is 1.55. The molecule has 0 bridgehead atoms. The number of aryl methyl sites for hydroxylation is 1. The van der Waals surface area contributed by atoms with E-state index in [4.69, 9.17) is 21.1 Å². The maximum atomic E-state index is 12.6. The molecule has 0 spiro atoms. The van der Waals surface area contributed by atoms with Gasteiger partial charge in [-0.1, -0.05) is 48.0 Å². The molecule has 0 fully saturated rings. The van der Waals surface area contributed by atoms with E-state index < -0.39 is 5.91 Å². The number of hydrogen-bond acceptors (Lipinski definition) is 4. The number of rotatable bonds is 7. The number of halogens is 1. The number of hydrogen-bond donors (Lipinski definition) is 1. The Kier molecular flexibility index (Phi) is 7.31. The summed E-state index contributed by atoms with van der Waals surface area (Å²) in [6.07, 6.45) is 1.52. The highest BCUT2D eigenvalue weighted by molar-refractivity contribution is 6.30. The third kappa shape index (κ3) is 5.88. The van der Waals surface area contributed by atoms with E-state index in [0.29, 0.717) is 34.4 Å². The van der Waals surface area contributed by atoms with E-state index in [1.807, 2.05) is 43.3 Å². The molecule has 3 aromatic rings. The second-order valence-corrected chi connectivity index (χ2v) is 7.20. The summed E-state index contributed by atoms with van der Waals surface area (Å²) in [6, 6.07) is 21.9. The maximum Gasteiger partial charge on any atom is 0.266 e. The molecule has 0 heterocycles. The molecule has 0 aliphatic carbocycles. The number of ether oxygens (including phenoxy) is 2. The highest BCUT2D eigenvalue weighted by Gasteiger charge is 2.12. The van der Waals surface area contributed by atoms with E-state index >= 15 is 0 Å². The van der Waals surface area contributed by atoms with Gasteiger partial charge >= 0.3 is 0 Å². The van der Waals surface area contributed by atoms with Crippen LogP contribution >= 0.6 is 11.6 Å². The molecule has 1 amide bonds. The molecule has 6 heteroatoms. The second kappa shape index (κ2) is 10.3. The third-order valence-corrected chi connectivity index (χ3v) is 4.82. The summed E-state index contributed by atoms with van der Waals surface area (Å²) in [4.78, 5) is 12.6. The van der Waals surface area contributed by atoms with Gasteiger partial charge in [-0.3, -0.25) is 4.79 Å². The van der Waals surface area contributed by atoms with E-state index in [9.17, 15) is 10.1 Å². The fourth-order valence-electron chi connectivity index (χ4n) is 2.86. The lowest BCUT2D eigenvalue weighted by molar-refractivity contribution is -0.112. The zero-order chi connectivity index (χ0) is 22.2. The van der Waals surface area contributed by atoms with Crippen molar-refractivity contribution in [3.05, 3.63) is 94.0 Å². The first kappa shape index (κ1) is 21.9. The van der Waals surface area contributed by atoms with Crippen LogP contribution in [0.5, 0.6) is 11.5 Å². The number of nitrogens with zero attached hydrogens (tertiary/aromatic N) is 1. The zero-order valence-corrected chi connectivity index (χ0v) is 17.9. The van der Waals surface area contributed by atoms with Crippen LogP contribution in [0.15, 0.2) is 72.3 Å². The van der Waals surface area contributed by atoms with E-state index in [2.05, 4.69) is 5.32 Å². The fourth-order valence-corrected chi connectivity index (χ4v) is 2.98. The minimum atomic E-state index is -0.476. The van der Waals surface area contributed by atoms with Crippen molar-refractivity contribution in [2.75, 3.05) is 12.4 Å². The highest BCUT2D eigenvalue weighted by atomic mass is 35.5. The standard InChI is InChI=1S/C25H21ClN2O3/c1-17-5-3-4-6-22(17)28-25(29)20(15-27)13-19-9-12-23(30-2)24(14-19)31-16-18-7-10-21(26)11-8-18/h3-14H,16H2,1-2H3,(H,28,29)/b20-13+. The summed E-state index contributed by atoms with van der Waals surface area (Å²) in [5.74, 6) is 0.577. The number of amides is 1. The van der Waals surface area contributed by atoms with Gasteiger partial charge in [0.1, 0.15) is 18.2 Å². The van der Waals surface area contributed by atoms with E-state index in [0.717, 1.165) is 11.1 Å². The van der Waals surface area contributed by atoms with Crippen molar-refractivity contribution >= 4 is 29.3 Å². The Morgan fingerprint density at radius 1 is 1.10 bits per heavy atom. The van der Waals surface area contributed by atoms with E-state index in [1.165, 1.54) is 6.08 Å². The van der Waals surface area contributed by atoms with Crippen molar-refractivity contribution in [1.29, 1.82) is 5.26 Å². The topological polar surface area (TPSA) is 71.3 Å². The summed E-state index contributed by atoms with van der Waals surface area (Å²) >= 11 is 5.92. The molecule has 3 aromatic carbocycles. The summed E-state index contributed by atoms with van der Waals surface area (Å²) < 4.78 is 11.3. The highest BCUT2D eigenvalue weighted by Crippen LogP contribution is 2.30. The molecule has 0 unspecified atom stereocenters. The minimum absolute atomic E-state index is 0.0166. The fraction of sp³-hybridized carbons (Fsp3) is 0.120. The summed E-state index contributed by atoms with van der Waals surface area (Å²) in [6.45, 7) is 2.21. The van der Waals surface area contributed by atoms with Gasteiger partial charge in [0.15, 0.2) is 11.5 Å². The molecule has 5 nitrogen and oxygen atoms in total. The van der Waals surface area contributed by atoms with Crippen LogP contribution in [0.25, 0.3) is 6.08 Å². The first-order chi connectivity index (χ1) is 15.0. The van der Waals surface area contributed by atoms with Crippen LogP contribution in [-0.4, -0.2) is 13.0 Å². The summed E-state index contributed by atoms with van der Waals surface area (Å²) in [5.41, 5.74) is 3.15. The third-order valence-electron chi connectivity index (χ3n) is 4.56. The smallest absolute Gasteiger partial charge is 0.266 e. The Morgan fingerprint density at radius 3 is 2.52 bits per heavy atom. The zero-order valence-electron chi connectivity index (χ0n) is 17.2. The lowest BCUT2D eigenvalue weighted by atomic mass is 10.1. The average molecular weight is 433 g/mol. The van der Waals surface area contributed by atoms with Gasteiger partial charge in [0, 0.05) is 10.7 Å². The molecular weight excluding hydrogens is 412 g/mol. The maximum absolute atomic E-state index is 12.6. The van der Waals surface area contributed by atoms with Gasteiger partial charge < -0.3 is 14.8 Å². The first-order valence-electron chi connectivity index (χ1n) is 9.54. The Bertz CT molecular complexity index is 1150. The van der Waals surface area contributed by atoms with E-state index in [1.54, 1.807) is 43.5 Å². The quantitative estimate of drug-likeness (QED) is 0.379. The van der Waals surface area contributed by atoms with Crippen LogP contribution < -0.4 is 14.8 Å². The molecule has 0 aliphatic heterocycles. The van der Waals surface area contributed by atoms with Gasteiger partial charge in [-0.05, 0) is 60.0 Å². The number of benzene rings is 3. The molecule has 0 saturated carbocycles. The second-order valence-electron chi connectivity index (χ2n) is 6.76. The molecule has 0 atom stereocenters. The van der Waals surface area contributed by atoms with Crippen molar-refractivity contribution < 1.29 is 14.3 Å². The van der Waals surface area contributed by atoms with Gasteiger partial charge in [-0.25, -0.2) is 0 Å². The summed E-state index contributed by atoms with van der Waals surface area (Å²) in [5, 5.41) is 12.9. The molecule has 0 saturated heterocycles. The van der Waals surface area contributed by atoms with Crippen LogP contribution in [0.2, 0.25) is 5.02 Å². The Balaban J connectivity index is 1.80. The lowest BCUT2D eigenvalue weighted by Crippen LogP contribution is -2.14. The van der Waals surface area contributed by atoms with Crippen molar-refractivity contribution in [3.63, 3.8) is 0 Å². The number of nitrogens with one attached hydrogen (secondary N) is 1. The minimum Gasteiger partial charge on any atom is -0.493 e. The number of carbonyl (C=O) groups excluding carboxylic acids is 1. The van der Waals surface area contributed by atoms with Crippen LogP contribution in [-0.2, 0) is 11.4 Å². The first-order valence-corrected chi connectivity index (χ1v) is 9.92. The van der Waals surface area contributed by atoms with Crippen LogP contribution in [0.1, 0.15) is 16.7 Å². The molecule has 0 aromatic heterocycles. The number of para-hydroxylation sites is 1. The lowest BCUT2D eigenvalue weighted by Gasteiger charge is -2.12. The average Bonchev–Trinajstić information content (AvgIpc) is 2.78. The monoisotopic (exact) mass is 432 g/mol. The molecule has 0 radical (unpaired) electrons. The van der Waals surface area contributed by atoms with Gasteiger partial charge in [0.25, 0.3) is 5.91 Å². The number of anilines is 1. The number of methoxy groups -OCH3 is 1. The SMILES string of the molecule is COc1ccc(/C=C(\C#N)C(=O)Nc2ccccc2C)cc1OCc1ccc(Cl)cc1. The largest absolute Gasteiger partial charge is 0.493 e. The van der Waals surface area contributed by atoms with Crippen molar-refractivity contribution in [3.8, 4) is 17.6 Å². The Morgan fingerprint density at radius 2 is 1.84 bits per heavy atom. The van der Waals surface area contributed by atoms with Gasteiger partial charge in [-0.2, -0.15) is 5.26 Å². The Hall–Kier alpha value is -3.75. The predicted octanol–water partition coefficient (Wildman–Crippen LogP) is 5.78. The predicted molar refractivity (Wildman–Crippen MR) is 122 cm³/mol. The van der Waals surface area contributed by atoms with Crippen LogP contribution in [0.3, 0.4) is 0 Å². The number of carbonyl (C=O) groups is 1. The number of nitriles is 1. The van der Waals surface area contributed by atoms with Crippen molar-refractivity contribution in [2.45, 2.75) is 13.5 Å². The van der Waals surface area contributed by atoms with Gasteiger partial charge in [0.05, 0.1) is 7.11 Å².